The highest BCUT2D eigenvalue weighted by Crippen LogP contribution is 2.29. The van der Waals surface area contributed by atoms with Crippen molar-refractivity contribution in [2.45, 2.75) is 6.92 Å². The zero-order chi connectivity index (χ0) is 26.7. The molecule has 8 nitrogen and oxygen atoms in total. The van der Waals surface area contributed by atoms with Crippen molar-refractivity contribution < 1.29 is 23.9 Å². The van der Waals surface area contributed by atoms with E-state index in [0.717, 1.165) is 0 Å². The summed E-state index contributed by atoms with van der Waals surface area (Å²) in [5.74, 6) is -0.493. The summed E-state index contributed by atoms with van der Waals surface area (Å²) in [5, 5.41) is 6.80. The highest BCUT2D eigenvalue weighted by molar-refractivity contribution is 6.04. The zero-order valence-electron chi connectivity index (χ0n) is 20.6. The number of ether oxygens (including phenoxy) is 2. The number of carbonyl (C=O) groups excluding carboxylic acids is 3. The number of rotatable bonds is 9. The predicted molar refractivity (Wildman–Crippen MR) is 145 cm³/mol. The molecule has 0 aliphatic rings. The Morgan fingerprint density at radius 3 is 2.03 bits per heavy atom. The van der Waals surface area contributed by atoms with E-state index in [1.807, 2.05) is 19.1 Å². The van der Waals surface area contributed by atoms with Crippen LogP contribution in [0.15, 0.2) is 108 Å². The maximum atomic E-state index is 12.5. The van der Waals surface area contributed by atoms with Crippen LogP contribution >= 0.6 is 0 Å². The van der Waals surface area contributed by atoms with Crippen LogP contribution in [-0.2, 0) is 0 Å². The summed E-state index contributed by atoms with van der Waals surface area (Å²) in [5.41, 5.74) is 5.01. The fourth-order valence-corrected chi connectivity index (χ4v) is 3.42. The van der Waals surface area contributed by atoms with E-state index in [9.17, 15) is 14.4 Å². The van der Waals surface area contributed by atoms with Gasteiger partial charge < -0.3 is 14.8 Å². The highest BCUT2D eigenvalue weighted by Gasteiger charge is 2.13. The second-order valence-electron chi connectivity index (χ2n) is 7.99. The Kier molecular flexibility index (Phi) is 8.60. The SMILES string of the molecule is CCOc1cc(/C=N/NC(=O)c2ccc(NC(=O)c3ccccc3)cc2)ccc1OC(=O)c1ccccc1. The molecule has 0 bridgehead atoms. The molecule has 190 valence electrons. The fourth-order valence-electron chi connectivity index (χ4n) is 3.42. The lowest BCUT2D eigenvalue weighted by atomic mass is 10.1. The van der Waals surface area contributed by atoms with E-state index in [4.69, 9.17) is 9.47 Å². The number of esters is 1. The molecule has 0 spiro atoms. The summed E-state index contributed by atoms with van der Waals surface area (Å²) in [4.78, 5) is 37.1. The van der Waals surface area contributed by atoms with Gasteiger partial charge in [0.25, 0.3) is 11.8 Å². The van der Waals surface area contributed by atoms with Crippen LogP contribution in [0.4, 0.5) is 5.69 Å². The molecule has 0 saturated heterocycles. The molecule has 4 rings (SSSR count). The van der Waals surface area contributed by atoms with Crippen LogP contribution in [0, 0.1) is 0 Å². The average molecular weight is 508 g/mol. The number of nitrogens with zero attached hydrogens (tertiary/aromatic N) is 1. The third-order valence-corrected chi connectivity index (χ3v) is 5.30. The van der Waals surface area contributed by atoms with Gasteiger partial charge in [0.1, 0.15) is 0 Å². The standard InChI is InChI=1S/C30H25N3O5/c1-2-37-27-19-21(13-18-26(27)38-30(36)24-11-7-4-8-12-24)20-31-33-29(35)23-14-16-25(17-15-23)32-28(34)22-9-5-3-6-10-22/h3-20H,2H2,1H3,(H,32,34)(H,33,35)/b31-20+. The van der Waals surface area contributed by atoms with Gasteiger partial charge in [-0.1, -0.05) is 36.4 Å². The average Bonchev–Trinajstić information content (AvgIpc) is 2.95. The molecule has 0 atom stereocenters. The number of amides is 2. The molecule has 0 aliphatic heterocycles. The number of carbonyl (C=O) groups is 3. The van der Waals surface area contributed by atoms with E-state index >= 15 is 0 Å². The van der Waals surface area contributed by atoms with E-state index in [-0.39, 0.29) is 11.7 Å². The minimum absolute atomic E-state index is 0.236. The number of anilines is 1. The van der Waals surface area contributed by atoms with Gasteiger partial charge >= 0.3 is 5.97 Å². The summed E-state index contributed by atoms with van der Waals surface area (Å²) in [7, 11) is 0. The predicted octanol–water partition coefficient (Wildman–Crippen LogP) is 5.32. The summed E-state index contributed by atoms with van der Waals surface area (Å²) in [6.45, 7) is 2.19. The molecule has 2 N–H and O–H groups in total. The number of hydrazone groups is 1. The first-order valence-corrected chi connectivity index (χ1v) is 11.9. The largest absolute Gasteiger partial charge is 0.490 e. The Balaban J connectivity index is 1.35. The number of benzene rings is 4. The van der Waals surface area contributed by atoms with Crippen molar-refractivity contribution in [2.75, 3.05) is 11.9 Å². The summed E-state index contributed by atoms with van der Waals surface area (Å²) in [6, 6.07) is 28.9. The second kappa shape index (κ2) is 12.6. The minimum Gasteiger partial charge on any atom is -0.490 e. The van der Waals surface area contributed by atoms with Gasteiger partial charge in [-0.05, 0) is 79.2 Å². The molecule has 0 unspecified atom stereocenters. The minimum atomic E-state index is -0.495. The number of nitrogens with one attached hydrogen (secondary N) is 2. The zero-order valence-corrected chi connectivity index (χ0v) is 20.6. The summed E-state index contributed by atoms with van der Waals surface area (Å²) < 4.78 is 11.1. The van der Waals surface area contributed by atoms with Crippen molar-refractivity contribution in [3.63, 3.8) is 0 Å². The van der Waals surface area contributed by atoms with Gasteiger partial charge in [-0.3, -0.25) is 9.59 Å². The van der Waals surface area contributed by atoms with E-state index < -0.39 is 11.9 Å². The lowest BCUT2D eigenvalue weighted by Crippen LogP contribution is -2.18. The molecule has 38 heavy (non-hydrogen) atoms. The molecule has 0 saturated carbocycles. The molecule has 4 aromatic rings. The smallest absolute Gasteiger partial charge is 0.343 e. The molecule has 0 radical (unpaired) electrons. The quantitative estimate of drug-likeness (QED) is 0.138. The maximum Gasteiger partial charge on any atom is 0.343 e. The Hall–Kier alpha value is -5.24. The molecule has 2 amide bonds. The Morgan fingerprint density at radius 2 is 1.37 bits per heavy atom. The van der Waals surface area contributed by atoms with Crippen LogP contribution in [0.2, 0.25) is 0 Å². The van der Waals surface area contributed by atoms with Gasteiger partial charge in [0.05, 0.1) is 18.4 Å². The molecule has 0 aromatic heterocycles. The third-order valence-electron chi connectivity index (χ3n) is 5.30. The van der Waals surface area contributed by atoms with Gasteiger partial charge in [-0.2, -0.15) is 5.10 Å². The van der Waals surface area contributed by atoms with E-state index in [2.05, 4.69) is 15.8 Å². The van der Waals surface area contributed by atoms with Gasteiger partial charge in [0.15, 0.2) is 11.5 Å². The van der Waals surface area contributed by atoms with Gasteiger partial charge in [0.2, 0.25) is 0 Å². The van der Waals surface area contributed by atoms with Crippen LogP contribution in [0.1, 0.15) is 43.6 Å². The summed E-state index contributed by atoms with van der Waals surface area (Å²) >= 11 is 0. The van der Waals surface area contributed by atoms with Gasteiger partial charge in [-0.15, -0.1) is 0 Å². The van der Waals surface area contributed by atoms with Crippen molar-refractivity contribution in [3.8, 4) is 11.5 Å². The fraction of sp³-hybridized carbons (Fsp3) is 0.0667. The third kappa shape index (κ3) is 6.92. The molecular weight excluding hydrogens is 482 g/mol. The summed E-state index contributed by atoms with van der Waals surface area (Å²) in [6.07, 6.45) is 1.46. The number of hydrogen-bond acceptors (Lipinski definition) is 6. The van der Waals surface area contributed by atoms with E-state index in [1.54, 1.807) is 91.0 Å². The van der Waals surface area contributed by atoms with Crippen LogP contribution in [0.3, 0.4) is 0 Å². The first kappa shape index (κ1) is 25.8. The lowest BCUT2D eigenvalue weighted by Gasteiger charge is -2.11. The number of hydrogen-bond donors (Lipinski definition) is 2. The molecular formula is C30H25N3O5. The second-order valence-corrected chi connectivity index (χ2v) is 7.99. The Bertz CT molecular complexity index is 1440. The van der Waals surface area contributed by atoms with Crippen LogP contribution in [0.25, 0.3) is 0 Å². The highest BCUT2D eigenvalue weighted by atomic mass is 16.6. The van der Waals surface area contributed by atoms with E-state index in [1.165, 1.54) is 6.21 Å². The van der Waals surface area contributed by atoms with Crippen molar-refractivity contribution in [2.24, 2.45) is 5.10 Å². The lowest BCUT2D eigenvalue weighted by molar-refractivity contribution is 0.0728. The van der Waals surface area contributed by atoms with Gasteiger partial charge in [-0.25, -0.2) is 10.2 Å². The van der Waals surface area contributed by atoms with Crippen molar-refractivity contribution in [1.29, 1.82) is 0 Å². The monoisotopic (exact) mass is 507 g/mol. The first-order valence-electron chi connectivity index (χ1n) is 11.9. The molecule has 0 fully saturated rings. The topological polar surface area (TPSA) is 106 Å². The van der Waals surface area contributed by atoms with E-state index in [0.29, 0.717) is 40.3 Å². The van der Waals surface area contributed by atoms with Crippen LogP contribution in [0.5, 0.6) is 11.5 Å². The molecule has 8 heteroatoms. The molecule has 0 aliphatic carbocycles. The van der Waals surface area contributed by atoms with Crippen molar-refractivity contribution >= 4 is 29.7 Å². The molecule has 4 aromatic carbocycles. The van der Waals surface area contributed by atoms with Crippen LogP contribution < -0.4 is 20.2 Å². The van der Waals surface area contributed by atoms with Crippen molar-refractivity contribution in [1.82, 2.24) is 5.43 Å². The van der Waals surface area contributed by atoms with Crippen molar-refractivity contribution in [3.05, 3.63) is 125 Å². The first-order chi connectivity index (χ1) is 18.5. The molecule has 0 heterocycles. The maximum absolute atomic E-state index is 12.5. The van der Waals surface area contributed by atoms with Gasteiger partial charge in [0, 0.05) is 16.8 Å². The normalized spacial score (nSPS) is 10.6. The Morgan fingerprint density at radius 1 is 0.737 bits per heavy atom. The Labute approximate surface area is 219 Å². The van der Waals surface area contributed by atoms with Crippen LogP contribution in [-0.4, -0.2) is 30.6 Å².